The zero-order valence-corrected chi connectivity index (χ0v) is 12.4. The Balaban J connectivity index is 2.04. The molecule has 2 aromatic heterocycles. The molecule has 0 saturated carbocycles. The summed E-state index contributed by atoms with van der Waals surface area (Å²) in [5.41, 5.74) is -0.419. The van der Waals surface area contributed by atoms with Gasteiger partial charge in [-0.1, -0.05) is 0 Å². The quantitative estimate of drug-likeness (QED) is 0.772. The van der Waals surface area contributed by atoms with E-state index in [1.807, 2.05) is 0 Å². The second-order valence-electron chi connectivity index (χ2n) is 4.91. The molecule has 0 fully saturated rings. The van der Waals surface area contributed by atoms with Gasteiger partial charge in [-0.15, -0.1) is 0 Å². The predicted molar refractivity (Wildman–Crippen MR) is 83.2 cm³/mol. The van der Waals surface area contributed by atoms with E-state index >= 15 is 0 Å². The molecule has 2 N–H and O–H groups in total. The highest BCUT2D eigenvalue weighted by Crippen LogP contribution is 2.19. The average molecular weight is 331 g/mol. The van der Waals surface area contributed by atoms with Crippen molar-refractivity contribution in [3.63, 3.8) is 0 Å². The molecule has 3 rings (SSSR count). The molecule has 0 bridgehead atoms. The van der Waals surface area contributed by atoms with Gasteiger partial charge in [0.05, 0.1) is 12.7 Å². The number of aromatic amines is 1. The summed E-state index contributed by atoms with van der Waals surface area (Å²) in [4.78, 5) is 30.7. The van der Waals surface area contributed by atoms with Gasteiger partial charge in [0.2, 0.25) is 11.4 Å². The number of methoxy groups -OCH3 is 1. The lowest BCUT2D eigenvalue weighted by molar-refractivity contribution is 0.102. The van der Waals surface area contributed by atoms with E-state index in [-0.39, 0.29) is 22.8 Å². The molecule has 3 aromatic rings. The van der Waals surface area contributed by atoms with Gasteiger partial charge in [-0.05, 0) is 18.2 Å². The molecule has 0 aliphatic carbocycles. The number of H-pyrrole nitrogens is 1. The second-order valence-corrected chi connectivity index (χ2v) is 4.91. The van der Waals surface area contributed by atoms with Crippen LogP contribution in [-0.4, -0.2) is 23.0 Å². The summed E-state index contributed by atoms with van der Waals surface area (Å²) < 4.78 is 31.4. The van der Waals surface area contributed by atoms with Crippen molar-refractivity contribution in [3.8, 4) is 5.88 Å². The topological polar surface area (TPSA) is 84.1 Å². The number of carbonyl (C=O) groups is 1. The number of rotatable bonds is 3. The van der Waals surface area contributed by atoms with E-state index in [2.05, 4.69) is 15.3 Å². The Bertz CT molecular complexity index is 981. The molecule has 8 heteroatoms. The van der Waals surface area contributed by atoms with Crippen LogP contribution in [0.3, 0.4) is 0 Å². The Kier molecular flexibility index (Phi) is 3.95. The Morgan fingerprint density at radius 3 is 2.54 bits per heavy atom. The van der Waals surface area contributed by atoms with Crippen LogP contribution in [0.5, 0.6) is 5.88 Å². The number of nitrogens with one attached hydrogen (secondary N) is 2. The number of aromatic nitrogens is 2. The minimum Gasteiger partial charge on any atom is -0.481 e. The Morgan fingerprint density at radius 2 is 1.88 bits per heavy atom. The largest absolute Gasteiger partial charge is 0.481 e. The summed E-state index contributed by atoms with van der Waals surface area (Å²) in [5, 5.41) is 2.72. The molecular weight excluding hydrogens is 320 g/mol. The van der Waals surface area contributed by atoms with Crippen LogP contribution in [0.1, 0.15) is 10.4 Å². The number of hydrogen-bond donors (Lipinski definition) is 2. The monoisotopic (exact) mass is 331 g/mol. The summed E-state index contributed by atoms with van der Waals surface area (Å²) in [6.07, 6.45) is 0. The number of benzene rings is 1. The van der Waals surface area contributed by atoms with Gasteiger partial charge in [0, 0.05) is 29.3 Å². The Hall–Kier alpha value is -3.29. The van der Waals surface area contributed by atoms with E-state index in [4.69, 9.17) is 4.74 Å². The van der Waals surface area contributed by atoms with E-state index in [9.17, 15) is 18.4 Å². The van der Waals surface area contributed by atoms with Gasteiger partial charge in [0.1, 0.15) is 17.3 Å². The van der Waals surface area contributed by atoms with Crippen molar-refractivity contribution in [1.82, 2.24) is 9.97 Å². The molecule has 0 saturated heterocycles. The molecule has 1 amide bonds. The molecule has 24 heavy (non-hydrogen) atoms. The van der Waals surface area contributed by atoms with Crippen LogP contribution in [0.25, 0.3) is 11.0 Å². The van der Waals surface area contributed by atoms with E-state index < -0.39 is 23.1 Å². The maximum atomic E-state index is 13.2. The molecule has 1 aromatic carbocycles. The highest BCUT2D eigenvalue weighted by molar-refractivity contribution is 6.11. The van der Waals surface area contributed by atoms with Crippen LogP contribution < -0.4 is 15.6 Å². The van der Waals surface area contributed by atoms with Gasteiger partial charge in [0.15, 0.2) is 0 Å². The van der Waals surface area contributed by atoms with Crippen molar-refractivity contribution in [2.45, 2.75) is 0 Å². The van der Waals surface area contributed by atoms with Crippen molar-refractivity contribution >= 4 is 22.6 Å². The second kappa shape index (κ2) is 6.07. The highest BCUT2D eigenvalue weighted by atomic mass is 19.1. The first-order chi connectivity index (χ1) is 11.5. The third-order valence-electron chi connectivity index (χ3n) is 3.25. The average Bonchev–Trinajstić information content (AvgIpc) is 2.52. The van der Waals surface area contributed by atoms with Crippen molar-refractivity contribution in [3.05, 3.63) is 63.9 Å². The summed E-state index contributed by atoms with van der Waals surface area (Å²) in [6.45, 7) is 0. The summed E-state index contributed by atoms with van der Waals surface area (Å²) in [6, 6.07) is 6.79. The van der Waals surface area contributed by atoms with Gasteiger partial charge in [-0.25, -0.2) is 8.78 Å². The molecule has 6 nitrogen and oxygen atoms in total. The number of amides is 1. The van der Waals surface area contributed by atoms with Gasteiger partial charge >= 0.3 is 0 Å². The minimum atomic E-state index is -0.826. The number of halogens is 2. The number of ether oxygens (including phenoxy) is 1. The molecule has 122 valence electrons. The van der Waals surface area contributed by atoms with Crippen LogP contribution in [0.15, 0.2) is 41.2 Å². The standard InChI is InChI=1S/C16H11F2N3O3/c1-24-14-3-2-11-12(7-13(22)20-15(11)21-14)16(23)19-10-5-8(17)4-9(18)6-10/h2-7H,1H3,(H,19,23)(H,20,21,22). The molecule has 2 heterocycles. The molecule has 0 aliphatic rings. The number of fused-ring (bicyclic) bond motifs is 1. The van der Waals surface area contributed by atoms with Crippen molar-refractivity contribution in [2.75, 3.05) is 12.4 Å². The molecule has 0 radical (unpaired) electrons. The van der Waals surface area contributed by atoms with E-state index in [0.29, 0.717) is 11.5 Å². The van der Waals surface area contributed by atoms with Crippen molar-refractivity contribution < 1.29 is 18.3 Å². The lowest BCUT2D eigenvalue weighted by atomic mass is 10.1. The molecule has 0 aliphatic heterocycles. The van der Waals surface area contributed by atoms with Gasteiger partial charge in [-0.2, -0.15) is 4.98 Å². The number of pyridine rings is 2. The fourth-order valence-electron chi connectivity index (χ4n) is 2.24. The van der Waals surface area contributed by atoms with Crippen LogP contribution in [0, 0.1) is 11.6 Å². The van der Waals surface area contributed by atoms with Gasteiger partial charge in [0.25, 0.3) is 5.91 Å². The van der Waals surface area contributed by atoms with Crippen LogP contribution in [0.2, 0.25) is 0 Å². The number of anilines is 1. The molecular formula is C16H11F2N3O3. The first-order valence-corrected chi connectivity index (χ1v) is 6.82. The Morgan fingerprint density at radius 1 is 1.17 bits per heavy atom. The fraction of sp³-hybridized carbons (Fsp3) is 0.0625. The lowest BCUT2D eigenvalue weighted by Gasteiger charge is -2.08. The minimum absolute atomic E-state index is 0.0218. The molecule has 0 spiro atoms. The lowest BCUT2D eigenvalue weighted by Crippen LogP contribution is -2.17. The summed E-state index contributed by atoms with van der Waals surface area (Å²) >= 11 is 0. The van der Waals surface area contributed by atoms with E-state index in [0.717, 1.165) is 18.2 Å². The fourth-order valence-corrected chi connectivity index (χ4v) is 2.24. The smallest absolute Gasteiger partial charge is 0.256 e. The third kappa shape index (κ3) is 3.07. The third-order valence-corrected chi connectivity index (χ3v) is 3.25. The summed E-state index contributed by atoms with van der Waals surface area (Å²) in [7, 11) is 1.42. The first kappa shape index (κ1) is 15.6. The van der Waals surface area contributed by atoms with E-state index in [1.54, 1.807) is 6.07 Å². The van der Waals surface area contributed by atoms with Crippen LogP contribution >= 0.6 is 0 Å². The maximum Gasteiger partial charge on any atom is 0.256 e. The Labute approximate surface area is 134 Å². The summed E-state index contributed by atoms with van der Waals surface area (Å²) in [5.74, 6) is -2.08. The number of nitrogens with zero attached hydrogens (tertiary/aromatic N) is 1. The van der Waals surface area contributed by atoms with Gasteiger partial charge < -0.3 is 15.0 Å². The van der Waals surface area contributed by atoms with E-state index in [1.165, 1.54) is 13.2 Å². The van der Waals surface area contributed by atoms with Crippen LogP contribution in [0.4, 0.5) is 14.5 Å². The zero-order chi connectivity index (χ0) is 17.3. The maximum absolute atomic E-state index is 13.2. The molecule has 0 atom stereocenters. The predicted octanol–water partition coefficient (Wildman–Crippen LogP) is 2.46. The SMILES string of the molecule is COc1ccc2c(C(=O)Nc3cc(F)cc(F)c3)cc(=O)[nH]c2n1. The number of carbonyl (C=O) groups excluding carboxylic acids is 1. The number of hydrogen-bond acceptors (Lipinski definition) is 4. The highest BCUT2D eigenvalue weighted by Gasteiger charge is 2.14. The van der Waals surface area contributed by atoms with Crippen LogP contribution in [-0.2, 0) is 0 Å². The van der Waals surface area contributed by atoms with Crippen molar-refractivity contribution in [2.24, 2.45) is 0 Å². The normalized spacial score (nSPS) is 10.6. The zero-order valence-electron chi connectivity index (χ0n) is 12.4. The first-order valence-electron chi connectivity index (χ1n) is 6.82. The van der Waals surface area contributed by atoms with Crippen molar-refractivity contribution in [1.29, 1.82) is 0 Å². The van der Waals surface area contributed by atoms with Gasteiger partial charge in [-0.3, -0.25) is 9.59 Å². The molecule has 0 unspecified atom stereocenters.